The Hall–Kier alpha value is -1.54. The van der Waals surface area contributed by atoms with Crippen molar-refractivity contribution in [3.05, 3.63) is 41.2 Å². The molecule has 18 heavy (non-hydrogen) atoms. The second-order valence-corrected chi connectivity index (χ2v) is 4.07. The van der Waals surface area contributed by atoms with Crippen molar-refractivity contribution in [2.24, 2.45) is 5.73 Å². The van der Waals surface area contributed by atoms with Crippen molar-refractivity contribution >= 4 is 24.0 Å². The Labute approximate surface area is 116 Å². The summed E-state index contributed by atoms with van der Waals surface area (Å²) in [5.74, 6) is 0. The van der Waals surface area contributed by atoms with E-state index in [0.29, 0.717) is 11.6 Å². The van der Waals surface area contributed by atoms with Gasteiger partial charge in [0.25, 0.3) is 0 Å². The van der Waals surface area contributed by atoms with Crippen molar-refractivity contribution in [3.8, 4) is 17.2 Å². The lowest BCUT2D eigenvalue weighted by atomic mass is 10.1. The lowest BCUT2D eigenvalue weighted by molar-refractivity contribution is 0.710. The minimum absolute atomic E-state index is 0. The number of benzene rings is 1. The number of rotatable bonds is 3. The highest BCUT2D eigenvalue weighted by Gasteiger charge is 2.04. The zero-order chi connectivity index (χ0) is 12.3. The van der Waals surface area contributed by atoms with E-state index in [0.717, 1.165) is 16.7 Å². The molecule has 0 aliphatic carbocycles. The van der Waals surface area contributed by atoms with Crippen LogP contribution in [-0.4, -0.2) is 9.78 Å². The fourth-order valence-electron chi connectivity index (χ4n) is 1.61. The van der Waals surface area contributed by atoms with Crippen LogP contribution >= 0.6 is 24.0 Å². The number of nitrogens with zero attached hydrogens (tertiary/aromatic N) is 3. The van der Waals surface area contributed by atoms with E-state index in [1.54, 1.807) is 10.9 Å². The van der Waals surface area contributed by atoms with Gasteiger partial charge in [-0.05, 0) is 29.3 Å². The Morgan fingerprint density at radius 1 is 1.33 bits per heavy atom. The first-order valence-electron chi connectivity index (χ1n) is 5.12. The molecule has 4 nitrogen and oxygen atoms in total. The molecule has 0 radical (unpaired) electrons. The van der Waals surface area contributed by atoms with Gasteiger partial charge in [-0.2, -0.15) is 10.4 Å². The van der Waals surface area contributed by atoms with Crippen molar-refractivity contribution in [3.63, 3.8) is 0 Å². The van der Waals surface area contributed by atoms with E-state index in [1.807, 2.05) is 30.5 Å². The Bertz CT molecular complexity index is 572. The van der Waals surface area contributed by atoms with E-state index < -0.39 is 0 Å². The van der Waals surface area contributed by atoms with Crippen LogP contribution in [0, 0.1) is 11.3 Å². The molecule has 2 N–H and O–H groups in total. The van der Waals surface area contributed by atoms with Crippen LogP contribution in [0.1, 0.15) is 5.56 Å². The standard InChI is InChI=1S/C12H11ClN4.ClH/c13-12-4-9(6-15)3-10(5-12)11-7-16-17(8-11)2-1-14;/h3-5,7-8H,2,6,15H2;1H. The van der Waals surface area contributed by atoms with Crippen LogP contribution < -0.4 is 5.73 Å². The molecule has 6 heteroatoms. The number of aromatic nitrogens is 2. The van der Waals surface area contributed by atoms with Gasteiger partial charge in [-0.1, -0.05) is 11.6 Å². The van der Waals surface area contributed by atoms with E-state index >= 15 is 0 Å². The molecule has 1 aromatic carbocycles. The lowest BCUT2D eigenvalue weighted by Gasteiger charge is -2.02. The average molecular weight is 283 g/mol. The Balaban J connectivity index is 0.00000162. The molecule has 0 bridgehead atoms. The summed E-state index contributed by atoms with van der Waals surface area (Å²) >= 11 is 6.01. The Morgan fingerprint density at radius 2 is 2.11 bits per heavy atom. The first-order valence-corrected chi connectivity index (χ1v) is 5.50. The molecule has 94 valence electrons. The highest BCUT2D eigenvalue weighted by Crippen LogP contribution is 2.24. The van der Waals surface area contributed by atoms with Gasteiger partial charge >= 0.3 is 0 Å². The Kier molecular flexibility index (Phi) is 5.17. The lowest BCUT2D eigenvalue weighted by Crippen LogP contribution is -1.96. The van der Waals surface area contributed by atoms with Crippen LogP contribution in [0.3, 0.4) is 0 Å². The van der Waals surface area contributed by atoms with E-state index in [2.05, 4.69) is 5.10 Å². The number of hydrogen-bond acceptors (Lipinski definition) is 3. The third-order valence-corrected chi connectivity index (χ3v) is 2.61. The predicted octanol–water partition coefficient (Wildman–Crippen LogP) is 2.61. The smallest absolute Gasteiger partial charge is 0.128 e. The zero-order valence-corrected chi connectivity index (χ0v) is 11.1. The van der Waals surface area contributed by atoms with Gasteiger partial charge in [-0.3, -0.25) is 4.68 Å². The van der Waals surface area contributed by atoms with Gasteiger partial charge in [0, 0.05) is 23.3 Å². The molecule has 0 atom stereocenters. The molecule has 2 aromatic rings. The maximum Gasteiger partial charge on any atom is 0.128 e. The molecule has 0 aliphatic rings. The van der Waals surface area contributed by atoms with Crippen molar-refractivity contribution in [2.45, 2.75) is 13.1 Å². The summed E-state index contributed by atoms with van der Waals surface area (Å²) in [5, 5.41) is 13.3. The molecule has 0 amide bonds. The van der Waals surface area contributed by atoms with Crippen LogP contribution in [0.5, 0.6) is 0 Å². The monoisotopic (exact) mass is 282 g/mol. The van der Waals surface area contributed by atoms with Gasteiger partial charge in [-0.25, -0.2) is 0 Å². The normalized spacial score (nSPS) is 9.61. The van der Waals surface area contributed by atoms with E-state index in [9.17, 15) is 0 Å². The van der Waals surface area contributed by atoms with E-state index in [4.69, 9.17) is 22.6 Å². The number of halogens is 2. The topological polar surface area (TPSA) is 67.6 Å². The third kappa shape index (κ3) is 3.23. The summed E-state index contributed by atoms with van der Waals surface area (Å²) in [6.45, 7) is 0.685. The zero-order valence-electron chi connectivity index (χ0n) is 9.51. The highest BCUT2D eigenvalue weighted by atomic mass is 35.5. The summed E-state index contributed by atoms with van der Waals surface area (Å²) in [4.78, 5) is 0. The molecule has 0 saturated carbocycles. The maximum absolute atomic E-state index is 8.58. The highest BCUT2D eigenvalue weighted by molar-refractivity contribution is 6.30. The molecule has 0 fully saturated rings. The number of nitriles is 1. The van der Waals surface area contributed by atoms with Crippen LogP contribution in [0.25, 0.3) is 11.1 Å². The van der Waals surface area contributed by atoms with Crippen molar-refractivity contribution in [1.29, 1.82) is 5.26 Å². The van der Waals surface area contributed by atoms with Crippen LogP contribution in [0.15, 0.2) is 30.6 Å². The fourth-order valence-corrected chi connectivity index (χ4v) is 1.86. The van der Waals surface area contributed by atoms with Gasteiger partial charge in [-0.15, -0.1) is 12.4 Å². The van der Waals surface area contributed by atoms with E-state index in [1.165, 1.54) is 0 Å². The summed E-state index contributed by atoms with van der Waals surface area (Å²) in [6, 6.07) is 7.70. The molecular formula is C12H12Cl2N4. The van der Waals surface area contributed by atoms with Gasteiger partial charge in [0.15, 0.2) is 0 Å². The minimum atomic E-state index is 0. The molecule has 0 unspecified atom stereocenters. The number of nitrogens with two attached hydrogens (primary N) is 1. The quantitative estimate of drug-likeness (QED) is 0.941. The van der Waals surface area contributed by atoms with Gasteiger partial charge in [0.1, 0.15) is 6.54 Å². The predicted molar refractivity (Wildman–Crippen MR) is 73.4 cm³/mol. The van der Waals surface area contributed by atoms with Crippen LogP contribution in [-0.2, 0) is 13.1 Å². The molecular weight excluding hydrogens is 271 g/mol. The van der Waals surface area contributed by atoms with Gasteiger partial charge in [0.05, 0.1) is 12.3 Å². The molecule has 0 saturated heterocycles. The Morgan fingerprint density at radius 3 is 2.78 bits per heavy atom. The summed E-state index contributed by atoms with van der Waals surface area (Å²) < 4.78 is 1.58. The number of hydrogen-bond donors (Lipinski definition) is 1. The molecule has 1 heterocycles. The van der Waals surface area contributed by atoms with Gasteiger partial charge < -0.3 is 5.73 Å². The van der Waals surface area contributed by atoms with Crippen molar-refractivity contribution < 1.29 is 0 Å². The van der Waals surface area contributed by atoms with Crippen molar-refractivity contribution in [2.75, 3.05) is 0 Å². The first kappa shape index (κ1) is 14.5. The molecule has 0 spiro atoms. The molecule has 0 aliphatic heterocycles. The SMILES string of the molecule is Cl.N#CCn1cc(-c2cc(Cl)cc(CN)c2)cn1. The van der Waals surface area contributed by atoms with Crippen molar-refractivity contribution in [1.82, 2.24) is 9.78 Å². The largest absolute Gasteiger partial charge is 0.326 e. The minimum Gasteiger partial charge on any atom is -0.326 e. The van der Waals surface area contributed by atoms with Gasteiger partial charge in [0.2, 0.25) is 0 Å². The maximum atomic E-state index is 8.58. The second-order valence-electron chi connectivity index (χ2n) is 3.64. The van der Waals surface area contributed by atoms with Crippen LogP contribution in [0.2, 0.25) is 5.02 Å². The molecule has 1 aromatic heterocycles. The summed E-state index contributed by atoms with van der Waals surface area (Å²) in [5.41, 5.74) is 8.46. The second kappa shape index (κ2) is 6.41. The average Bonchev–Trinajstić information content (AvgIpc) is 2.77. The fraction of sp³-hybridized carbons (Fsp3) is 0.167. The first-order chi connectivity index (χ1) is 8.22. The van der Waals surface area contributed by atoms with E-state index in [-0.39, 0.29) is 19.0 Å². The summed E-state index contributed by atoms with van der Waals surface area (Å²) in [6.07, 6.45) is 3.53. The van der Waals surface area contributed by atoms with Crippen LogP contribution in [0.4, 0.5) is 0 Å². The third-order valence-electron chi connectivity index (χ3n) is 2.39. The summed E-state index contributed by atoms with van der Waals surface area (Å²) in [7, 11) is 0. The molecule has 2 rings (SSSR count).